The van der Waals surface area contributed by atoms with E-state index in [2.05, 4.69) is 24.5 Å². The molecule has 0 bridgehead atoms. The zero-order chi connectivity index (χ0) is 27.5. The van der Waals surface area contributed by atoms with Crippen LogP contribution in [0.4, 0.5) is 0 Å². The number of hydrogen-bond acceptors (Lipinski definition) is 5. The number of carbonyl (C=O) groups is 2. The summed E-state index contributed by atoms with van der Waals surface area (Å²) in [5.41, 5.74) is 10.4. The smallest absolute Gasteiger partial charge is 0.234 e. The Morgan fingerprint density at radius 1 is 0.833 bits per heavy atom. The van der Waals surface area contributed by atoms with E-state index in [1.54, 1.807) is 0 Å². The van der Waals surface area contributed by atoms with Crippen LogP contribution < -0.4 is 22.1 Å². The summed E-state index contributed by atoms with van der Waals surface area (Å²) < 4.78 is 5.96. The Bertz CT molecular complexity index is 581. The molecule has 0 radical (unpaired) electrons. The first-order chi connectivity index (χ1) is 17.0. The summed E-state index contributed by atoms with van der Waals surface area (Å²) in [6.45, 7) is 13.7. The lowest BCUT2D eigenvalue weighted by Gasteiger charge is -2.31. The molecule has 0 aromatic heterocycles. The molecule has 7 heteroatoms. The van der Waals surface area contributed by atoms with Crippen molar-refractivity contribution in [3.8, 4) is 0 Å². The first-order valence-electron chi connectivity index (χ1n) is 14.7. The number of rotatable bonds is 24. The van der Waals surface area contributed by atoms with E-state index in [0.29, 0.717) is 32.2 Å². The second-order valence-electron chi connectivity index (χ2n) is 11.7. The Morgan fingerprint density at radius 3 is 1.97 bits per heavy atom. The van der Waals surface area contributed by atoms with E-state index in [1.807, 2.05) is 27.7 Å². The Labute approximate surface area is 222 Å². The SMILES string of the molecule is CCCCCCCC(CCCCC)NC(CCCCNC(=O)C(C)(C)COC(C)(C)CCN)C(N)=O. The van der Waals surface area contributed by atoms with Crippen molar-refractivity contribution in [2.24, 2.45) is 16.9 Å². The molecule has 0 aliphatic heterocycles. The van der Waals surface area contributed by atoms with Crippen LogP contribution in [0.2, 0.25) is 0 Å². The van der Waals surface area contributed by atoms with E-state index >= 15 is 0 Å². The van der Waals surface area contributed by atoms with Crippen LogP contribution in [0.25, 0.3) is 0 Å². The highest BCUT2D eigenvalue weighted by atomic mass is 16.5. The summed E-state index contributed by atoms with van der Waals surface area (Å²) in [5.74, 6) is -0.293. The zero-order valence-electron chi connectivity index (χ0n) is 24.6. The van der Waals surface area contributed by atoms with Crippen LogP contribution in [-0.2, 0) is 14.3 Å². The van der Waals surface area contributed by atoms with Crippen molar-refractivity contribution in [3.05, 3.63) is 0 Å². The van der Waals surface area contributed by atoms with Crippen LogP contribution in [-0.4, -0.2) is 49.2 Å². The van der Waals surface area contributed by atoms with Crippen LogP contribution >= 0.6 is 0 Å². The van der Waals surface area contributed by atoms with Gasteiger partial charge in [-0.05, 0) is 72.8 Å². The van der Waals surface area contributed by atoms with E-state index in [1.165, 1.54) is 51.4 Å². The molecule has 0 aliphatic carbocycles. The van der Waals surface area contributed by atoms with Crippen LogP contribution in [0.1, 0.15) is 131 Å². The summed E-state index contributed by atoms with van der Waals surface area (Å²) >= 11 is 0. The molecule has 0 heterocycles. The second kappa shape index (κ2) is 19.9. The number of nitrogens with two attached hydrogens (primary N) is 2. The highest BCUT2D eigenvalue weighted by Gasteiger charge is 2.30. The Balaban J connectivity index is 4.51. The molecule has 214 valence electrons. The average Bonchev–Trinajstić information content (AvgIpc) is 2.81. The predicted octanol–water partition coefficient (Wildman–Crippen LogP) is 5.20. The van der Waals surface area contributed by atoms with E-state index in [-0.39, 0.29) is 23.5 Å². The molecular formula is C29H60N4O3. The van der Waals surface area contributed by atoms with Gasteiger partial charge in [-0.2, -0.15) is 0 Å². The average molecular weight is 513 g/mol. The quantitative estimate of drug-likeness (QED) is 0.133. The highest BCUT2D eigenvalue weighted by molar-refractivity contribution is 5.82. The van der Waals surface area contributed by atoms with Gasteiger partial charge in [-0.15, -0.1) is 0 Å². The van der Waals surface area contributed by atoms with Crippen molar-refractivity contribution >= 4 is 11.8 Å². The fourth-order valence-corrected chi connectivity index (χ4v) is 4.31. The molecule has 0 spiro atoms. The van der Waals surface area contributed by atoms with Crippen molar-refractivity contribution in [2.75, 3.05) is 19.7 Å². The van der Waals surface area contributed by atoms with Crippen LogP contribution in [0, 0.1) is 5.41 Å². The van der Waals surface area contributed by atoms with Gasteiger partial charge in [0.1, 0.15) is 0 Å². The molecule has 7 nitrogen and oxygen atoms in total. The van der Waals surface area contributed by atoms with Crippen molar-refractivity contribution < 1.29 is 14.3 Å². The largest absolute Gasteiger partial charge is 0.374 e. The van der Waals surface area contributed by atoms with Crippen molar-refractivity contribution in [1.29, 1.82) is 0 Å². The Hall–Kier alpha value is -1.18. The normalized spacial score (nSPS) is 14.0. The first kappa shape index (κ1) is 34.8. The van der Waals surface area contributed by atoms with Crippen molar-refractivity contribution in [1.82, 2.24) is 10.6 Å². The topological polar surface area (TPSA) is 119 Å². The summed E-state index contributed by atoms with van der Waals surface area (Å²) in [4.78, 5) is 24.8. The maximum absolute atomic E-state index is 12.7. The lowest BCUT2D eigenvalue weighted by atomic mass is 9.92. The van der Waals surface area contributed by atoms with Gasteiger partial charge in [-0.1, -0.05) is 65.2 Å². The van der Waals surface area contributed by atoms with E-state index in [9.17, 15) is 9.59 Å². The molecular weight excluding hydrogens is 452 g/mol. The van der Waals surface area contributed by atoms with Gasteiger partial charge in [0.15, 0.2) is 0 Å². The Kier molecular flexibility index (Phi) is 19.2. The molecule has 0 fully saturated rings. The van der Waals surface area contributed by atoms with Crippen LogP contribution in [0.5, 0.6) is 0 Å². The van der Waals surface area contributed by atoms with Crippen LogP contribution in [0.15, 0.2) is 0 Å². The standard InChI is InChI=1S/C29H60N4O3/c1-7-9-11-12-14-18-24(17-13-10-8-2)33-25(26(31)34)19-15-16-22-32-27(35)28(3,4)23-36-29(5,6)20-21-30/h24-25,33H,7-23,30H2,1-6H3,(H2,31,34)(H,32,35). The molecule has 2 amide bonds. The summed E-state index contributed by atoms with van der Waals surface area (Å²) in [6.07, 6.45) is 15.2. The van der Waals surface area contributed by atoms with Crippen LogP contribution in [0.3, 0.4) is 0 Å². The Morgan fingerprint density at radius 2 is 1.39 bits per heavy atom. The van der Waals surface area contributed by atoms with E-state index in [4.69, 9.17) is 16.2 Å². The first-order valence-corrected chi connectivity index (χ1v) is 14.7. The van der Waals surface area contributed by atoms with Gasteiger partial charge in [-0.25, -0.2) is 0 Å². The maximum atomic E-state index is 12.7. The third-order valence-electron chi connectivity index (χ3n) is 6.98. The minimum atomic E-state index is -0.619. The monoisotopic (exact) mass is 512 g/mol. The summed E-state index contributed by atoms with van der Waals surface area (Å²) in [7, 11) is 0. The fourth-order valence-electron chi connectivity index (χ4n) is 4.31. The lowest BCUT2D eigenvalue weighted by Crippen LogP contribution is -2.46. The zero-order valence-corrected chi connectivity index (χ0v) is 24.6. The number of ether oxygens (including phenoxy) is 1. The van der Waals surface area contributed by atoms with Gasteiger partial charge in [0.05, 0.1) is 23.7 Å². The molecule has 0 aromatic rings. The highest BCUT2D eigenvalue weighted by Crippen LogP contribution is 2.22. The molecule has 0 aromatic carbocycles. The van der Waals surface area contributed by atoms with Gasteiger partial charge in [0, 0.05) is 12.6 Å². The van der Waals surface area contributed by atoms with Gasteiger partial charge in [-0.3, -0.25) is 9.59 Å². The van der Waals surface area contributed by atoms with Crippen molar-refractivity contribution in [2.45, 2.75) is 149 Å². The van der Waals surface area contributed by atoms with Gasteiger partial charge in [0.2, 0.25) is 11.8 Å². The van der Waals surface area contributed by atoms with E-state index in [0.717, 1.165) is 32.1 Å². The number of amides is 2. The molecule has 6 N–H and O–H groups in total. The number of carbonyl (C=O) groups excluding carboxylic acids is 2. The van der Waals surface area contributed by atoms with Gasteiger partial charge < -0.3 is 26.8 Å². The molecule has 36 heavy (non-hydrogen) atoms. The number of nitrogens with one attached hydrogen (secondary N) is 2. The second-order valence-corrected chi connectivity index (χ2v) is 11.7. The third-order valence-corrected chi connectivity index (χ3v) is 6.98. The fraction of sp³-hybridized carbons (Fsp3) is 0.931. The van der Waals surface area contributed by atoms with Gasteiger partial charge in [0.25, 0.3) is 0 Å². The lowest BCUT2D eigenvalue weighted by molar-refractivity contribution is -0.137. The molecule has 2 atom stereocenters. The molecule has 0 aliphatic rings. The summed E-state index contributed by atoms with van der Waals surface area (Å²) in [6, 6.07) is 0.0392. The number of unbranched alkanes of at least 4 members (excludes halogenated alkanes) is 7. The van der Waals surface area contributed by atoms with E-state index < -0.39 is 5.41 Å². The predicted molar refractivity (Wildman–Crippen MR) is 152 cm³/mol. The minimum absolute atomic E-state index is 0.0188. The maximum Gasteiger partial charge on any atom is 0.234 e. The number of primary amides is 1. The molecule has 0 rings (SSSR count). The molecule has 2 unspecified atom stereocenters. The van der Waals surface area contributed by atoms with Gasteiger partial charge >= 0.3 is 0 Å². The van der Waals surface area contributed by atoms with Crippen molar-refractivity contribution in [3.63, 3.8) is 0 Å². The molecule has 0 saturated carbocycles. The third kappa shape index (κ3) is 17.3. The number of hydrogen-bond donors (Lipinski definition) is 4. The molecule has 0 saturated heterocycles. The minimum Gasteiger partial charge on any atom is -0.374 e. The summed E-state index contributed by atoms with van der Waals surface area (Å²) in [5, 5.41) is 6.61.